The van der Waals surface area contributed by atoms with E-state index in [1.165, 1.54) is 17.8 Å². The lowest BCUT2D eigenvalue weighted by Crippen LogP contribution is -2.59. The number of aromatic nitrogens is 18. The largest absolute Gasteiger partial charge is 0.494 e. The molecule has 0 saturated carbocycles. The van der Waals surface area contributed by atoms with Crippen LogP contribution in [0.4, 0.5) is 22.2 Å². The summed E-state index contributed by atoms with van der Waals surface area (Å²) in [6.45, 7) is 34.6. The molecule has 17 heterocycles. The van der Waals surface area contributed by atoms with Gasteiger partial charge in [-0.3, -0.25) is 44.4 Å². The Morgan fingerprint density at radius 2 is 0.866 bits per heavy atom. The quantitative estimate of drug-likeness (QED) is 0.00915. The van der Waals surface area contributed by atoms with Gasteiger partial charge in [-0.2, -0.15) is 39.0 Å². The fourth-order valence-electron chi connectivity index (χ4n) is 19.4. The van der Waals surface area contributed by atoms with E-state index in [9.17, 15) is 24.0 Å². The highest BCUT2D eigenvalue weighted by Gasteiger charge is 2.48. The molecule has 39 heteroatoms. The maximum Gasteiger partial charge on any atom is 0.410 e. The Morgan fingerprint density at radius 1 is 0.486 bits per heavy atom. The second-order valence-corrected chi connectivity index (χ2v) is 51.3. The molecule has 6 saturated heterocycles. The number of carboxylic acid groups (broad SMARTS) is 1. The van der Waals surface area contributed by atoms with Crippen molar-refractivity contribution >= 4 is 85.8 Å². The Hall–Kier alpha value is -14.1. The summed E-state index contributed by atoms with van der Waals surface area (Å²) >= 11 is 0. The summed E-state index contributed by atoms with van der Waals surface area (Å²) in [6, 6.07) is 44.1. The van der Waals surface area contributed by atoms with E-state index < -0.39 is 27.7 Å². The van der Waals surface area contributed by atoms with E-state index in [1.54, 1.807) is 30.0 Å². The number of hydrogen-bond donors (Lipinski definition) is 6. The lowest BCUT2D eigenvalue weighted by molar-refractivity contribution is -0.0827. The molecule has 6 unspecified atom stereocenters. The number of aromatic carboxylic acids is 1. The number of carbonyl (C=O) groups is 5. The fraction of sp³-hybridized carbons (Fsp3) is 0.398. The molecule has 2 amide bonds. The number of hydrogen-bond acceptors (Lipinski definition) is 29. The van der Waals surface area contributed by atoms with Gasteiger partial charge in [-0.25, -0.2) is 34.5 Å². The number of pyridine rings is 3. The van der Waals surface area contributed by atoms with Crippen molar-refractivity contribution in [1.29, 1.82) is 0 Å². The predicted octanol–water partition coefficient (Wildman–Crippen LogP) is 15.9. The molecular formula is C103H122N24O13Si2. The molecule has 6 fully saturated rings. The summed E-state index contributed by atoms with van der Waals surface area (Å²) < 4.78 is 47.8. The van der Waals surface area contributed by atoms with Crippen molar-refractivity contribution in [1.82, 2.24) is 104 Å². The summed E-state index contributed by atoms with van der Waals surface area (Å²) in [7, 11) is -2.72. The molecule has 11 aromatic heterocycles. The molecule has 142 heavy (non-hydrogen) atoms. The van der Waals surface area contributed by atoms with Crippen LogP contribution in [-0.4, -0.2) is 264 Å². The number of ether oxygens (including phenoxy) is 7. The van der Waals surface area contributed by atoms with E-state index in [2.05, 4.69) is 125 Å². The van der Waals surface area contributed by atoms with Crippen LogP contribution >= 0.6 is 0 Å². The third kappa shape index (κ3) is 22.6. The first-order valence-electron chi connectivity index (χ1n) is 48.1. The molecule has 8 N–H and O–H groups in total. The number of ketones is 2. The molecule has 0 spiro atoms. The minimum Gasteiger partial charge on any atom is -0.494 e. The molecule has 37 nitrogen and oxygen atoms in total. The van der Waals surface area contributed by atoms with Gasteiger partial charge < -0.3 is 64.8 Å². The molecule has 14 aromatic rings. The number of benzene rings is 3. The average Bonchev–Trinajstić information content (AvgIpc) is 1.46. The lowest BCUT2D eigenvalue weighted by atomic mass is 9.81. The van der Waals surface area contributed by atoms with E-state index in [1.807, 2.05) is 170 Å². The first-order valence-corrected chi connectivity index (χ1v) is 55.5. The van der Waals surface area contributed by atoms with Gasteiger partial charge >= 0.3 is 12.1 Å². The smallest absolute Gasteiger partial charge is 0.410 e. The number of nitrogens with one attached hydrogen (secondary N) is 3. The number of morpholine rings is 3. The second kappa shape index (κ2) is 43.2. The zero-order valence-corrected chi connectivity index (χ0v) is 84.1. The summed E-state index contributed by atoms with van der Waals surface area (Å²) in [6.07, 6.45) is 17.1. The number of amides is 2. The van der Waals surface area contributed by atoms with Crippen molar-refractivity contribution in [2.75, 3.05) is 89.3 Å². The minimum absolute atomic E-state index is 0.0626. The van der Waals surface area contributed by atoms with Crippen LogP contribution in [-0.2, 0) is 33.2 Å². The zero-order chi connectivity index (χ0) is 99.8. The molecule has 20 rings (SSSR count). The Morgan fingerprint density at radius 3 is 1.23 bits per heavy atom. The molecule has 6 atom stereocenters. The molecule has 0 radical (unpaired) electrons. The van der Waals surface area contributed by atoms with Crippen LogP contribution in [0.2, 0.25) is 51.4 Å². The van der Waals surface area contributed by atoms with Crippen molar-refractivity contribution in [3.8, 4) is 67.2 Å². The number of carboxylic acids is 1. The molecular weight excluding hydrogens is 1840 g/mol. The molecule has 6 aliphatic heterocycles. The third-order valence-corrected chi connectivity index (χ3v) is 29.5. The van der Waals surface area contributed by atoms with Crippen LogP contribution in [0.25, 0.3) is 89.9 Å². The number of H-pyrrole nitrogens is 2. The number of rotatable bonds is 27. The Balaban J connectivity index is 0.000000145. The van der Waals surface area contributed by atoms with Crippen molar-refractivity contribution in [2.24, 2.45) is 0 Å². The van der Waals surface area contributed by atoms with Gasteiger partial charge in [0.25, 0.3) is 5.91 Å². The Labute approximate surface area is 824 Å². The second-order valence-electron chi connectivity index (χ2n) is 40.1. The van der Waals surface area contributed by atoms with Crippen LogP contribution in [0.15, 0.2) is 184 Å². The monoisotopic (exact) mass is 1960 g/mol. The van der Waals surface area contributed by atoms with Gasteiger partial charge in [0.1, 0.15) is 54.9 Å². The first-order chi connectivity index (χ1) is 68.3. The minimum atomic E-state index is -1.36. The van der Waals surface area contributed by atoms with Gasteiger partial charge in [0.2, 0.25) is 11.6 Å². The number of anilines is 3. The van der Waals surface area contributed by atoms with Gasteiger partial charge in [-0.1, -0.05) is 155 Å². The van der Waals surface area contributed by atoms with Crippen molar-refractivity contribution in [3.05, 3.63) is 229 Å². The van der Waals surface area contributed by atoms with E-state index in [4.69, 9.17) is 74.8 Å². The van der Waals surface area contributed by atoms with Crippen molar-refractivity contribution in [2.45, 2.75) is 191 Å². The standard InChI is InChI=1S/C45H66N6O6Si2.C29H27N9O3.C26H26N6O2.C3H3N3O2/c1-12-56-32(2)40-41(35-24-36-28-55-29-37(25-35)50(36)44(52)57-45(3,4)5)48-42-38(34-18-19-39(46-26-34)33-16-14-13-15-17-33)27-47-51(42)43(40)49(30-53-20-22-58(6,7)8)31-54-21-23-59(9,10)11;1-16(39)24-25(19-9-20-13-41-14-21(10-19)37(20)29(40)27-32-15-33-36-27)35-28-22(12-34-38(28)26(24)30)18-7-8-23(31-11-18)17-5-3-2-4-6-17;1-15(33)23-24(18-9-19-13-34-14-20(10-18)30-19)31-26-21(12-29-32(26)25(23)27)17-7-8-22(28-11-17)16-5-3-2-4-6-16;7-3(8)2-4-1-5-6-2/h13-19,26-27,35-37H,2,12,20-25,28-31H2,1,3-11H3;2-8,11-12,15,19-21H,9-10,13-14,30H2,1H3,(H,32,33,36);2-8,11-12,18-20,30H,9-10,13-14,27H2,1H3;1H,(H,7,8)(H,4,5,6). The van der Waals surface area contributed by atoms with E-state index in [-0.39, 0.29) is 108 Å². The van der Waals surface area contributed by atoms with Gasteiger partial charge in [0.15, 0.2) is 28.5 Å². The van der Waals surface area contributed by atoms with Gasteiger partial charge in [-0.05, 0) is 110 Å². The van der Waals surface area contributed by atoms with Gasteiger partial charge in [0.05, 0.1) is 140 Å². The number of nitrogen functional groups attached to an aromatic ring is 2. The van der Waals surface area contributed by atoms with E-state index in [0.717, 1.165) is 121 Å². The molecule has 3 aromatic carbocycles. The SMILES string of the molecule is C=C(OCC)c1c(C2CC3COCC(C2)N3C(=O)OC(C)(C)C)nc2c(-c3ccc(-c4ccccc4)nc3)cnn2c1N(COCC[Si](C)(C)C)COCC[Si](C)(C)C.CC(=O)c1c(C2CC3COCC(C2)N3)nc2c(-c3ccc(-c4ccccc4)nc3)cnn2c1N.CC(=O)c1c(C2CC3COCC(C2)N3C(=O)c2ncn[nH]2)nc2c(-c3ccc(-c4ccccc4)nc3)cnn2c1N.O=C(O)c1ncn[nH]1. The van der Waals surface area contributed by atoms with Gasteiger partial charge in [-0.15, -0.1) is 0 Å². The Kier molecular flexibility index (Phi) is 30.3. The number of nitrogens with zero attached hydrogens (tertiary/aromatic N) is 19. The number of aromatic amines is 2. The summed E-state index contributed by atoms with van der Waals surface area (Å²) in [5.74, 6) is 0.290. The molecule has 6 bridgehead atoms. The topological polar surface area (TPSA) is 456 Å². The third-order valence-electron chi connectivity index (χ3n) is 26.1. The van der Waals surface area contributed by atoms with Crippen molar-refractivity contribution in [3.63, 3.8) is 0 Å². The number of carbonyl (C=O) groups excluding carboxylic acids is 4. The number of Topliss-reactive ketones (excluding diaryl/α,β-unsaturated/α-hetero) is 2. The van der Waals surface area contributed by atoms with Crippen LogP contribution in [0.5, 0.6) is 0 Å². The molecule has 0 aliphatic carbocycles. The summed E-state index contributed by atoms with van der Waals surface area (Å²) in [4.78, 5) is 105. The summed E-state index contributed by atoms with van der Waals surface area (Å²) in [5.41, 5.74) is 29.1. The molecule has 6 aliphatic rings. The highest BCUT2D eigenvalue weighted by atomic mass is 28.3. The Bertz CT molecular complexity index is 6740. The normalized spacial score (nSPS) is 19.4. The average molecular weight is 1960 g/mol. The van der Waals surface area contributed by atoms with E-state index in [0.29, 0.717) is 130 Å². The maximum absolute atomic E-state index is 13.7. The highest BCUT2D eigenvalue weighted by molar-refractivity contribution is 6.76. The van der Waals surface area contributed by atoms with Crippen LogP contribution < -0.4 is 21.7 Å². The maximum atomic E-state index is 13.7. The van der Waals surface area contributed by atoms with Crippen LogP contribution in [0, 0.1) is 0 Å². The summed E-state index contributed by atoms with van der Waals surface area (Å²) in [5, 5.41) is 37.8. The highest BCUT2D eigenvalue weighted by Crippen LogP contribution is 2.47. The predicted molar refractivity (Wildman–Crippen MR) is 543 cm³/mol. The van der Waals surface area contributed by atoms with Gasteiger partial charge in [0, 0.05) is 128 Å². The van der Waals surface area contributed by atoms with Crippen LogP contribution in [0.1, 0.15) is 162 Å². The number of piperidine rings is 3. The first kappa shape index (κ1) is 99.5. The van der Waals surface area contributed by atoms with E-state index >= 15 is 0 Å². The zero-order valence-electron chi connectivity index (χ0n) is 82.1. The number of fused-ring (bicyclic) bond motifs is 9. The van der Waals surface area contributed by atoms with Crippen molar-refractivity contribution < 1.29 is 62.2 Å². The lowest BCUT2D eigenvalue weighted by Gasteiger charge is -2.48. The van der Waals surface area contributed by atoms with Crippen LogP contribution in [0.3, 0.4) is 0 Å². The molecule has 740 valence electrons. The fourth-order valence-corrected chi connectivity index (χ4v) is 20.9. The number of nitrogens with two attached hydrogens (primary N) is 2.